The molecule has 0 fully saturated rings. The van der Waals surface area contributed by atoms with Crippen LogP contribution in [0.15, 0.2) is 36.4 Å². The standard InChI is InChI=1S/C17H17NO3/c1-17(2,11-18)9-10-21-15-13-6-4-3-5-12(13)7-8-14(15)16(19)20/h3-8H,9-10H2,1-2H3,(H,19,20). The van der Waals surface area contributed by atoms with Crippen LogP contribution in [-0.2, 0) is 0 Å². The molecule has 0 saturated carbocycles. The predicted molar refractivity (Wildman–Crippen MR) is 80.4 cm³/mol. The van der Waals surface area contributed by atoms with Crippen LogP contribution in [0, 0.1) is 16.7 Å². The van der Waals surface area contributed by atoms with E-state index in [0.717, 1.165) is 10.8 Å². The lowest BCUT2D eigenvalue weighted by molar-refractivity contribution is 0.0692. The third-order valence-corrected chi connectivity index (χ3v) is 3.39. The van der Waals surface area contributed by atoms with Crippen molar-refractivity contribution in [2.45, 2.75) is 20.3 Å². The molecule has 0 heterocycles. The highest BCUT2D eigenvalue weighted by Crippen LogP contribution is 2.31. The van der Waals surface area contributed by atoms with Crippen LogP contribution in [0.4, 0.5) is 0 Å². The van der Waals surface area contributed by atoms with Crippen LogP contribution in [0.2, 0.25) is 0 Å². The highest BCUT2D eigenvalue weighted by molar-refractivity contribution is 6.00. The highest BCUT2D eigenvalue weighted by Gasteiger charge is 2.19. The summed E-state index contributed by atoms with van der Waals surface area (Å²) in [4.78, 5) is 11.3. The minimum Gasteiger partial charge on any atom is -0.492 e. The topological polar surface area (TPSA) is 70.3 Å². The fraction of sp³-hybridized carbons (Fsp3) is 0.294. The fourth-order valence-corrected chi connectivity index (χ4v) is 2.03. The Balaban J connectivity index is 2.34. The van der Waals surface area contributed by atoms with Gasteiger partial charge >= 0.3 is 5.97 Å². The van der Waals surface area contributed by atoms with Gasteiger partial charge in [0.2, 0.25) is 0 Å². The largest absolute Gasteiger partial charge is 0.492 e. The highest BCUT2D eigenvalue weighted by atomic mass is 16.5. The van der Waals surface area contributed by atoms with Crippen LogP contribution in [0.5, 0.6) is 5.75 Å². The Morgan fingerprint density at radius 2 is 2.00 bits per heavy atom. The second-order valence-corrected chi connectivity index (χ2v) is 5.56. The minimum absolute atomic E-state index is 0.142. The first-order chi connectivity index (χ1) is 9.94. The molecule has 0 amide bonds. The first-order valence-corrected chi connectivity index (χ1v) is 6.74. The Morgan fingerprint density at radius 1 is 1.29 bits per heavy atom. The molecule has 0 aromatic heterocycles. The summed E-state index contributed by atoms with van der Waals surface area (Å²) in [6.07, 6.45) is 0.534. The Hall–Kier alpha value is -2.54. The minimum atomic E-state index is -1.02. The molecule has 0 aliphatic rings. The molecule has 2 aromatic rings. The summed E-state index contributed by atoms with van der Waals surface area (Å²) in [5.41, 5.74) is -0.350. The lowest BCUT2D eigenvalue weighted by Gasteiger charge is -2.17. The molecule has 4 nitrogen and oxygen atoms in total. The van der Waals surface area contributed by atoms with E-state index in [1.165, 1.54) is 0 Å². The Labute approximate surface area is 123 Å². The zero-order chi connectivity index (χ0) is 15.5. The number of carbonyl (C=O) groups is 1. The molecule has 0 aliphatic heterocycles. The molecule has 0 atom stereocenters. The van der Waals surface area contributed by atoms with E-state index in [4.69, 9.17) is 10.00 Å². The first-order valence-electron chi connectivity index (χ1n) is 6.74. The van der Waals surface area contributed by atoms with Crippen molar-refractivity contribution in [1.82, 2.24) is 0 Å². The SMILES string of the molecule is CC(C)(C#N)CCOc1c(C(=O)O)ccc2ccccc12. The maximum Gasteiger partial charge on any atom is 0.339 e. The van der Waals surface area contributed by atoms with E-state index in [1.807, 2.05) is 38.1 Å². The molecule has 0 aliphatic carbocycles. The lowest BCUT2D eigenvalue weighted by atomic mass is 9.92. The van der Waals surface area contributed by atoms with Crippen molar-refractivity contribution in [3.05, 3.63) is 42.0 Å². The number of benzene rings is 2. The zero-order valence-corrected chi connectivity index (χ0v) is 12.1. The summed E-state index contributed by atoms with van der Waals surface area (Å²) in [6, 6.07) is 13.0. The van der Waals surface area contributed by atoms with Gasteiger partial charge in [-0.1, -0.05) is 30.3 Å². The van der Waals surface area contributed by atoms with Crippen molar-refractivity contribution in [3.8, 4) is 11.8 Å². The smallest absolute Gasteiger partial charge is 0.339 e. The van der Waals surface area contributed by atoms with Gasteiger partial charge in [0.1, 0.15) is 11.3 Å². The molecule has 108 valence electrons. The third kappa shape index (κ3) is 3.32. The fourth-order valence-electron chi connectivity index (χ4n) is 2.03. The second-order valence-electron chi connectivity index (χ2n) is 5.56. The van der Waals surface area contributed by atoms with Crippen molar-refractivity contribution < 1.29 is 14.6 Å². The monoisotopic (exact) mass is 283 g/mol. The number of ether oxygens (including phenoxy) is 1. The number of hydrogen-bond donors (Lipinski definition) is 1. The molecule has 0 saturated heterocycles. The first kappa shape index (κ1) is 14.9. The normalized spacial score (nSPS) is 11.1. The number of fused-ring (bicyclic) bond motifs is 1. The molecule has 0 spiro atoms. The van der Waals surface area contributed by atoms with E-state index in [2.05, 4.69) is 6.07 Å². The molecule has 0 unspecified atom stereocenters. The molecule has 0 radical (unpaired) electrons. The second kappa shape index (κ2) is 5.84. The zero-order valence-electron chi connectivity index (χ0n) is 12.1. The summed E-state index contributed by atoms with van der Waals surface area (Å²) >= 11 is 0. The van der Waals surface area contributed by atoms with E-state index >= 15 is 0 Å². The van der Waals surface area contributed by atoms with Crippen molar-refractivity contribution in [2.75, 3.05) is 6.61 Å². The van der Waals surface area contributed by atoms with Gasteiger partial charge in [-0.25, -0.2) is 4.79 Å². The number of nitrogens with zero attached hydrogens (tertiary/aromatic N) is 1. The Kier molecular flexibility index (Phi) is 4.13. The van der Waals surface area contributed by atoms with Crippen LogP contribution in [0.25, 0.3) is 10.8 Å². The van der Waals surface area contributed by atoms with Crippen LogP contribution in [-0.4, -0.2) is 17.7 Å². The molecule has 0 bridgehead atoms. The number of hydrogen-bond acceptors (Lipinski definition) is 3. The van der Waals surface area contributed by atoms with Crippen molar-refractivity contribution >= 4 is 16.7 Å². The van der Waals surface area contributed by atoms with Gasteiger partial charge in [-0.05, 0) is 31.7 Å². The van der Waals surface area contributed by atoms with Gasteiger partial charge in [-0.2, -0.15) is 5.26 Å². The molecule has 2 rings (SSSR count). The number of carboxylic acid groups (broad SMARTS) is 1. The van der Waals surface area contributed by atoms with Crippen molar-refractivity contribution in [2.24, 2.45) is 5.41 Å². The van der Waals surface area contributed by atoms with Crippen LogP contribution < -0.4 is 4.74 Å². The van der Waals surface area contributed by atoms with Gasteiger partial charge in [0.05, 0.1) is 18.1 Å². The summed E-state index contributed by atoms with van der Waals surface area (Å²) < 4.78 is 5.72. The predicted octanol–water partition coefficient (Wildman–Crippen LogP) is 3.86. The molecule has 2 aromatic carbocycles. The maximum atomic E-state index is 11.3. The van der Waals surface area contributed by atoms with Crippen LogP contribution >= 0.6 is 0 Å². The number of carboxylic acids is 1. The molecule has 1 N–H and O–H groups in total. The van der Waals surface area contributed by atoms with Gasteiger partial charge in [-0.3, -0.25) is 0 Å². The number of nitriles is 1. The van der Waals surface area contributed by atoms with E-state index < -0.39 is 11.4 Å². The average molecular weight is 283 g/mol. The Bertz CT molecular complexity index is 714. The van der Waals surface area contributed by atoms with Gasteiger partial charge in [0.25, 0.3) is 0 Å². The van der Waals surface area contributed by atoms with Crippen molar-refractivity contribution in [3.63, 3.8) is 0 Å². The van der Waals surface area contributed by atoms with Crippen molar-refractivity contribution in [1.29, 1.82) is 5.26 Å². The quantitative estimate of drug-likeness (QED) is 0.904. The lowest BCUT2D eigenvalue weighted by Crippen LogP contribution is -2.14. The summed E-state index contributed by atoms with van der Waals surface area (Å²) in [5, 5.41) is 20.0. The molecule has 4 heteroatoms. The van der Waals surface area contributed by atoms with Gasteiger partial charge in [0.15, 0.2) is 0 Å². The van der Waals surface area contributed by atoms with Gasteiger partial charge in [0, 0.05) is 5.39 Å². The molecular formula is C17H17NO3. The van der Waals surface area contributed by atoms with Gasteiger partial charge in [-0.15, -0.1) is 0 Å². The summed E-state index contributed by atoms with van der Waals surface area (Å²) in [7, 11) is 0. The summed E-state index contributed by atoms with van der Waals surface area (Å²) in [6.45, 7) is 3.96. The summed E-state index contributed by atoms with van der Waals surface area (Å²) in [5.74, 6) is -0.648. The number of aromatic carboxylic acids is 1. The van der Waals surface area contributed by atoms with Gasteiger partial charge < -0.3 is 9.84 Å². The maximum absolute atomic E-state index is 11.3. The van der Waals surface area contributed by atoms with Crippen LogP contribution in [0.3, 0.4) is 0 Å². The average Bonchev–Trinajstić information content (AvgIpc) is 2.47. The number of rotatable bonds is 5. The van der Waals surface area contributed by atoms with Crippen LogP contribution in [0.1, 0.15) is 30.6 Å². The van der Waals surface area contributed by atoms with E-state index in [9.17, 15) is 9.90 Å². The van der Waals surface area contributed by atoms with E-state index in [1.54, 1.807) is 12.1 Å². The molecular weight excluding hydrogens is 266 g/mol. The van der Waals surface area contributed by atoms with E-state index in [0.29, 0.717) is 18.8 Å². The molecule has 21 heavy (non-hydrogen) atoms. The third-order valence-electron chi connectivity index (χ3n) is 3.39. The Morgan fingerprint density at radius 3 is 2.67 bits per heavy atom. The van der Waals surface area contributed by atoms with E-state index in [-0.39, 0.29) is 5.56 Å².